The van der Waals surface area contributed by atoms with Gasteiger partial charge in [-0.2, -0.15) is 5.26 Å². The lowest BCUT2D eigenvalue weighted by Gasteiger charge is -2.28. The first-order chi connectivity index (χ1) is 11.1. The molecular weight excluding hydrogens is 295 g/mol. The van der Waals surface area contributed by atoms with Crippen LogP contribution in [-0.2, 0) is 14.9 Å². The number of fused-ring (bicyclic) bond motifs is 1. The molecule has 2 aromatic carbocycles. The van der Waals surface area contributed by atoms with E-state index >= 15 is 0 Å². The van der Waals surface area contributed by atoms with E-state index in [0.29, 0.717) is 16.7 Å². The van der Waals surface area contributed by atoms with Crippen molar-refractivity contribution in [2.24, 2.45) is 5.92 Å². The Morgan fingerprint density at radius 3 is 2.52 bits per heavy atom. The van der Waals surface area contributed by atoms with Gasteiger partial charge in [0.2, 0.25) is 0 Å². The molecule has 0 saturated carbocycles. The van der Waals surface area contributed by atoms with Crippen LogP contribution in [0.3, 0.4) is 0 Å². The fourth-order valence-electron chi connectivity index (χ4n) is 3.23. The topological polar surface area (TPSA) is 73.9 Å². The number of nitriles is 1. The molecule has 5 heteroatoms. The van der Waals surface area contributed by atoms with Crippen LogP contribution in [0.25, 0.3) is 0 Å². The van der Waals surface area contributed by atoms with Crippen molar-refractivity contribution < 1.29 is 13.9 Å². The molecule has 23 heavy (non-hydrogen) atoms. The highest BCUT2D eigenvalue weighted by Gasteiger charge is 2.56. The third-order valence-corrected chi connectivity index (χ3v) is 4.28. The third kappa shape index (κ3) is 1.95. The zero-order chi connectivity index (χ0) is 16.6. The van der Waals surface area contributed by atoms with Crippen molar-refractivity contribution in [3.05, 3.63) is 71.0 Å². The molecule has 0 aromatic heterocycles. The van der Waals surface area contributed by atoms with Crippen LogP contribution in [0.2, 0.25) is 0 Å². The Morgan fingerprint density at radius 2 is 1.91 bits per heavy atom. The second-order valence-electron chi connectivity index (χ2n) is 5.34. The summed E-state index contributed by atoms with van der Waals surface area (Å²) in [6.45, 7) is 0. The summed E-state index contributed by atoms with van der Waals surface area (Å²) in [6.07, 6.45) is 0. The summed E-state index contributed by atoms with van der Waals surface area (Å²) in [5, 5.41) is 18.3. The maximum atomic E-state index is 13.3. The molecule has 114 valence electrons. The fraction of sp³-hybridized carbons (Fsp3) is 0.167. The molecule has 2 unspecified atom stereocenters. The Morgan fingerprint density at radius 1 is 1.26 bits per heavy atom. The molecule has 1 aliphatic carbocycles. The number of carbonyl (C=O) groups excluding carboxylic acids is 1. The van der Waals surface area contributed by atoms with Crippen LogP contribution >= 0.6 is 0 Å². The molecule has 1 aliphatic rings. The Labute approximate surface area is 132 Å². The molecular formula is C18H13FN2O2. The van der Waals surface area contributed by atoms with E-state index in [2.05, 4.69) is 6.07 Å². The molecule has 0 bridgehead atoms. The monoisotopic (exact) mass is 308 g/mol. The van der Waals surface area contributed by atoms with Crippen LogP contribution in [0, 0.1) is 28.5 Å². The second-order valence-corrected chi connectivity index (χ2v) is 5.34. The molecule has 4 nitrogen and oxygen atoms in total. The van der Waals surface area contributed by atoms with Crippen molar-refractivity contribution in [1.82, 2.24) is 0 Å². The average molecular weight is 308 g/mol. The average Bonchev–Trinajstić information content (AvgIpc) is 2.85. The number of esters is 1. The summed E-state index contributed by atoms with van der Waals surface area (Å²) in [5.74, 6) is -2.17. The predicted octanol–water partition coefficient (Wildman–Crippen LogP) is 2.81. The lowest BCUT2D eigenvalue weighted by molar-refractivity contribution is -0.143. The quantitative estimate of drug-likeness (QED) is 0.867. The summed E-state index contributed by atoms with van der Waals surface area (Å²) in [7, 11) is 1.23. The van der Waals surface area contributed by atoms with E-state index in [9.17, 15) is 14.4 Å². The molecule has 0 aliphatic heterocycles. The van der Waals surface area contributed by atoms with Crippen LogP contribution in [0.5, 0.6) is 0 Å². The van der Waals surface area contributed by atoms with Crippen molar-refractivity contribution in [3.63, 3.8) is 0 Å². The first-order valence-electron chi connectivity index (χ1n) is 6.99. The number of nitrogens with zero attached hydrogens (tertiary/aromatic N) is 1. The Hall–Kier alpha value is -3.00. The fourth-order valence-corrected chi connectivity index (χ4v) is 3.23. The molecule has 0 fully saturated rings. The van der Waals surface area contributed by atoms with Crippen molar-refractivity contribution in [3.8, 4) is 6.07 Å². The van der Waals surface area contributed by atoms with E-state index < -0.39 is 23.1 Å². The van der Waals surface area contributed by atoms with Gasteiger partial charge in [-0.1, -0.05) is 36.4 Å². The Kier molecular flexibility index (Phi) is 3.45. The summed E-state index contributed by atoms with van der Waals surface area (Å²) in [6, 6.07) is 14.6. The Balaban J connectivity index is 2.34. The molecule has 2 aromatic rings. The zero-order valence-corrected chi connectivity index (χ0v) is 12.3. The highest BCUT2D eigenvalue weighted by molar-refractivity contribution is 6.16. The van der Waals surface area contributed by atoms with Crippen LogP contribution in [-0.4, -0.2) is 18.8 Å². The largest absolute Gasteiger partial charge is 0.468 e. The molecule has 0 saturated heterocycles. The normalized spacial score (nSPS) is 22.3. The van der Waals surface area contributed by atoms with E-state index in [1.807, 2.05) is 0 Å². The van der Waals surface area contributed by atoms with E-state index in [4.69, 9.17) is 10.1 Å². The molecule has 0 heterocycles. The predicted molar refractivity (Wildman–Crippen MR) is 81.6 cm³/mol. The number of hydrogen-bond acceptors (Lipinski definition) is 4. The minimum absolute atomic E-state index is 0.0401. The molecule has 1 N–H and O–H groups in total. The summed E-state index contributed by atoms with van der Waals surface area (Å²) >= 11 is 0. The van der Waals surface area contributed by atoms with Crippen LogP contribution < -0.4 is 0 Å². The van der Waals surface area contributed by atoms with Crippen LogP contribution in [0.15, 0.2) is 48.5 Å². The van der Waals surface area contributed by atoms with Gasteiger partial charge in [-0.15, -0.1) is 0 Å². The van der Waals surface area contributed by atoms with Gasteiger partial charge in [-0.25, -0.2) is 4.39 Å². The van der Waals surface area contributed by atoms with Gasteiger partial charge in [0.15, 0.2) is 0 Å². The number of benzene rings is 2. The van der Waals surface area contributed by atoms with Crippen LogP contribution in [0.4, 0.5) is 4.39 Å². The SMILES string of the molecule is COC(=O)C1C(=N)c2ccccc2C1(C#N)c1ccc(F)cc1. The third-order valence-electron chi connectivity index (χ3n) is 4.28. The molecule has 2 atom stereocenters. The lowest BCUT2D eigenvalue weighted by atomic mass is 9.70. The first kappa shape index (κ1) is 14.9. The van der Waals surface area contributed by atoms with E-state index in [0.717, 1.165) is 0 Å². The molecule has 0 spiro atoms. The van der Waals surface area contributed by atoms with Crippen LogP contribution in [0.1, 0.15) is 16.7 Å². The van der Waals surface area contributed by atoms with Gasteiger partial charge >= 0.3 is 5.97 Å². The minimum atomic E-state index is -1.39. The number of halogens is 1. The number of hydrogen-bond donors (Lipinski definition) is 1. The molecule has 0 amide bonds. The zero-order valence-electron chi connectivity index (χ0n) is 12.3. The maximum Gasteiger partial charge on any atom is 0.317 e. The summed E-state index contributed by atoms with van der Waals surface area (Å²) in [5.41, 5.74) is 0.210. The van der Waals surface area contributed by atoms with Crippen molar-refractivity contribution >= 4 is 11.7 Å². The minimum Gasteiger partial charge on any atom is -0.468 e. The lowest BCUT2D eigenvalue weighted by Crippen LogP contribution is -2.39. The number of ether oxygens (including phenoxy) is 1. The maximum absolute atomic E-state index is 13.3. The van der Waals surface area contributed by atoms with Crippen molar-refractivity contribution in [2.45, 2.75) is 5.41 Å². The highest BCUT2D eigenvalue weighted by atomic mass is 19.1. The van der Waals surface area contributed by atoms with E-state index in [1.54, 1.807) is 24.3 Å². The van der Waals surface area contributed by atoms with Crippen molar-refractivity contribution in [1.29, 1.82) is 10.7 Å². The van der Waals surface area contributed by atoms with Gasteiger partial charge in [0.05, 0.1) is 18.9 Å². The van der Waals surface area contributed by atoms with Gasteiger partial charge in [0.1, 0.15) is 17.2 Å². The number of methoxy groups -OCH3 is 1. The van der Waals surface area contributed by atoms with Gasteiger partial charge in [-0.05, 0) is 23.3 Å². The molecule has 3 rings (SSSR count). The van der Waals surface area contributed by atoms with E-state index in [-0.39, 0.29) is 5.71 Å². The smallest absolute Gasteiger partial charge is 0.317 e. The highest BCUT2D eigenvalue weighted by Crippen LogP contribution is 2.48. The number of carbonyl (C=O) groups is 1. The summed E-state index contributed by atoms with van der Waals surface area (Å²) < 4.78 is 18.1. The van der Waals surface area contributed by atoms with E-state index in [1.165, 1.54) is 31.4 Å². The number of nitrogens with one attached hydrogen (secondary N) is 1. The molecule has 0 radical (unpaired) electrons. The second kappa shape index (κ2) is 5.33. The summed E-state index contributed by atoms with van der Waals surface area (Å²) in [4.78, 5) is 12.3. The van der Waals surface area contributed by atoms with Gasteiger partial charge in [0, 0.05) is 5.56 Å². The standard InChI is InChI=1S/C18H13FN2O2/c1-23-17(22)15-16(21)13-4-2-3-5-14(13)18(15,10-20)11-6-8-12(19)9-7-11/h2-9,15,21H,1H3. The number of rotatable bonds is 2. The first-order valence-corrected chi connectivity index (χ1v) is 6.99. The Bertz CT molecular complexity index is 839. The van der Waals surface area contributed by atoms with Gasteiger partial charge in [0.25, 0.3) is 0 Å². The van der Waals surface area contributed by atoms with Crippen molar-refractivity contribution in [2.75, 3.05) is 7.11 Å². The van der Waals surface area contributed by atoms with Gasteiger partial charge < -0.3 is 10.1 Å². The van der Waals surface area contributed by atoms with Gasteiger partial charge in [-0.3, -0.25) is 4.79 Å².